The predicted molar refractivity (Wildman–Crippen MR) is 67.7 cm³/mol. The monoisotopic (exact) mass is 244 g/mol. The van der Waals surface area contributed by atoms with E-state index in [4.69, 9.17) is 15.3 Å². The summed E-state index contributed by atoms with van der Waals surface area (Å²) in [7, 11) is 0. The summed E-state index contributed by atoms with van der Waals surface area (Å²) < 4.78 is 10.7. The van der Waals surface area contributed by atoms with Crippen LogP contribution in [-0.4, -0.2) is 44.5 Å². The third-order valence-corrected chi connectivity index (χ3v) is 2.76. The Morgan fingerprint density at radius 3 is 3.00 bits per heavy atom. The lowest BCUT2D eigenvalue weighted by molar-refractivity contribution is 0.116. The quantitative estimate of drug-likeness (QED) is 0.201. The Kier molecular flexibility index (Phi) is 6.91. The molecule has 0 amide bonds. The lowest BCUT2D eigenvalue weighted by Gasteiger charge is -2.18. The number of rotatable bonds is 6. The first-order valence-electron chi connectivity index (χ1n) is 6.24. The van der Waals surface area contributed by atoms with Crippen molar-refractivity contribution in [3.05, 3.63) is 0 Å². The van der Waals surface area contributed by atoms with Crippen LogP contribution < -0.4 is 16.6 Å². The maximum Gasteiger partial charge on any atom is 0.206 e. The highest BCUT2D eigenvalue weighted by atomic mass is 16.5. The Morgan fingerprint density at radius 1 is 1.59 bits per heavy atom. The molecule has 1 aliphatic heterocycles. The molecule has 0 aromatic carbocycles. The summed E-state index contributed by atoms with van der Waals surface area (Å²) in [6.45, 7) is 7.02. The molecule has 2 unspecified atom stereocenters. The molecule has 0 radical (unpaired) electrons. The van der Waals surface area contributed by atoms with Crippen molar-refractivity contribution in [1.29, 1.82) is 0 Å². The molecule has 0 aliphatic carbocycles. The number of guanidine groups is 1. The fraction of sp³-hybridized carbons (Fsp3) is 0.909. The summed E-state index contributed by atoms with van der Waals surface area (Å²) >= 11 is 0. The molecule has 4 N–H and O–H groups in total. The Labute approximate surface area is 103 Å². The van der Waals surface area contributed by atoms with Gasteiger partial charge in [-0.1, -0.05) is 0 Å². The van der Waals surface area contributed by atoms with Crippen LogP contribution in [0.5, 0.6) is 0 Å². The van der Waals surface area contributed by atoms with Crippen molar-refractivity contribution in [2.24, 2.45) is 10.8 Å². The molecule has 6 nitrogen and oxygen atoms in total. The second-order valence-corrected chi connectivity index (χ2v) is 4.04. The van der Waals surface area contributed by atoms with Gasteiger partial charge in [0.2, 0.25) is 5.96 Å². The minimum Gasteiger partial charge on any atom is -0.382 e. The standard InChI is InChI=1S/C11H24N4O2/c1-3-16-7-4-6-13-11(15-12)14-10-5-8-17-9(10)2/h9-10H,3-8,12H2,1-2H3,(H2,13,14,15). The molecule has 1 saturated heterocycles. The van der Waals surface area contributed by atoms with Gasteiger partial charge in [0.15, 0.2) is 0 Å². The fourth-order valence-electron chi connectivity index (χ4n) is 1.73. The Hall–Kier alpha value is -0.850. The van der Waals surface area contributed by atoms with E-state index < -0.39 is 0 Å². The van der Waals surface area contributed by atoms with Crippen LogP contribution in [0.2, 0.25) is 0 Å². The molecular formula is C11H24N4O2. The van der Waals surface area contributed by atoms with Gasteiger partial charge in [0.1, 0.15) is 0 Å². The lowest BCUT2D eigenvalue weighted by Crippen LogP contribution is -2.48. The Balaban J connectivity index is 2.24. The summed E-state index contributed by atoms with van der Waals surface area (Å²) in [4.78, 5) is 4.35. The van der Waals surface area contributed by atoms with Crippen LogP contribution in [0.15, 0.2) is 4.99 Å². The molecule has 17 heavy (non-hydrogen) atoms. The predicted octanol–water partition coefficient (Wildman–Crippen LogP) is -0.000700. The molecule has 1 fully saturated rings. The number of ether oxygens (including phenoxy) is 2. The molecule has 1 heterocycles. The molecule has 2 atom stereocenters. The highest BCUT2D eigenvalue weighted by Crippen LogP contribution is 2.11. The van der Waals surface area contributed by atoms with Gasteiger partial charge in [-0.2, -0.15) is 0 Å². The third kappa shape index (κ3) is 5.34. The number of hydrogen-bond acceptors (Lipinski definition) is 4. The van der Waals surface area contributed by atoms with Crippen LogP contribution in [0.4, 0.5) is 0 Å². The van der Waals surface area contributed by atoms with Crippen LogP contribution in [0.1, 0.15) is 26.7 Å². The first-order chi connectivity index (χ1) is 8.27. The molecule has 0 aromatic heterocycles. The van der Waals surface area contributed by atoms with Crippen molar-refractivity contribution in [3.63, 3.8) is 0 Å². The summed E-state index contributed by atoms with van der Waals surface area (Å²) in [5.41, 5.74) is 2.58. The molecule has 0 bridgehead atoms. The van der Waals surface area contributed by atoms with Gasteiger partial charge in [0.25, 0.3) is 0 Å². The zero-order chi connectivity index (χ0) is 12.5. The minimum atomic E-state index is 0.206. The zero-order valence-electron chi connectivity index (χ0n) is 10.7. The zero-order valence-corrected chi connectivity index (χ0v) is 10.7. The second-order valence-electron chi connectivity index (χ2n) is 4.04. The lowest BCUT2D eigenvalue weighted by atomic mass is 10.2. The molecule has 1 rings (SSSR count). The summed E-state index contributed by atoms with van der Waals surface area (Å²) in [6, 6.07) is 0.289. The fourth-order valence-corrected chi connectivity index (χ4v) is 1.73. The molecule has 0 aromatic rings. The molecule has 6 heteroatoms. The van der Waals surface area contributed by atoms with Crippen LogP contribution >= 0.6 is 0 Å². The average Bonchev–Trinajstić information content (AvgIpc) is 2.73. The van der Waals surface area contributed by atoms with Gasteiger partial charge in [-0.15, -0.1) is 0 Å². The van der Waals surface area contributed by atoms with Crippen LogP contribution in [0.3, 0.4) is 0 Å². The molecule has 0 saturated carbocycles. The smallest absolute Gasteiger partial charge is 0.206 e. The third-order valence-electron chi connectivity index (χ3n) is 2.76. The molecule has 1 aliphatic rings. The molecule has 0 spiro atoms. The Morgan fingerprint density at radius 2 is 2.41 bits per heavy atom. The summed E-state index contributed by atoms with van der Waals surface area (Å²) in [6.07, 6.45) is 2.09. The highest BCUT2D eigenvalue weighted by Gasteiger charge is 2.24. The van der Waals surface area contributed by atoms with Crippen molar-refractivity contribution < 1.29 is 9.47 Å². The maximum atomic E-state index is 5.46. The first kappa shape index (κ1) is 14.2. The first-order valence-corrected chi connectivity index (χ1v) is 6.24. The average molecular weight is 244 g/mol. The van der Waals surface area contributed by atoms with Crippen molar-refractivity contribution in [1.82, 2.24) is 10.7 Å². The number of nitrogens with zero attached hydrogens (tertiary/aromatic N) is 1. The summed E-state index contributed by atoms with van der Waals surface area (Å²) in [5, 5.41) is 3.25. The van der Waals surface area contributed by atoms with Crippen LogP contribution in [0.25, 0.3) is 0 Å². The van der Waals surface area contributed by atoms with Gasteiger partial charge in [-0.3, -0.25) is 10.4 Å². The van der Waals surface area contributed by atoms with Crippen molar-refractivity contribution in [2.75, 3.05) is 26.4 Å². The van der Waals surface area contributed by atoms with E-state index in [1.54, 1.807) is 0 Å². The van der Waals surface area contributed by atoms with Crippen LogP contribution in [-0.2, 0) is 9.47 Å². The number of hydrazine groups is 1. The Bertz CT molecular complexity index is 236. The van der Waals surface area contributed by atoms with Gasteiger partial charge in [0, 0.05) is 26.4 Å². The summed E-state index contributed by atoms with van der Waals surface area (Å²) in [5.74, 6) is 6.05. The minimum absolute atomic E-state index is 0.206. The van der Waals surface area contributed by atoms with E-state index >= 15 is 0 Å². The van der Waals surface area contributed by atoms with Gasteiger partial charge in [0.05, 0.1) is 12.1 Å². The van der Waals surface area contributed by atoms with Crippen molar-refractivity contribution in [2.45, 2.75) is 38.8 Å². The topological polar surface area (TPSA) is 80.9 Å². The van der Waals surface area contributed by atoms with E-state index in [1.807, 2.05) is 13.8 Å². The van der Waals surface area contributed by atoms with E-state index in [0.717, 1.165) is 32.7 Å². The van der Waals surface area contributed by atoms with Gasteiger partial charge in [-0.25, -0.2) is 5.84 Å². The molecule has 100 valence electrons. The van der Waals surface area contributed by atoms with E-state index in [9.17, 15) is 0 Å². The highest BCUT2D eigenvalue weighted by molar-refractivity contribution is 5.79. The number of nitrogens with two attached hydrogens (primary N) is 1. The SMILES string of the molecule is CCOCCCN=C(NN)NC1CCOC1C. The van der Waals surface area contributed by atoms with Gasteiger partial charge < -0.3 is 14.8 Å². The van der Waals surface area contributed by atoms with Gasteiger partial charge >= 0.3 is 0 Å². The van der Waals surface area contributed by atoms with Crippen LogP contribution in [0, 0.1) is 0 Å². The second kappa shape index (κ2) is 8.27. The number of aliphatic imine (C=N–C) groups is 1. The largest absolute Gasteiger partial charge is 0.382 e. The van der Waals surface area contributed by atoms with E-state index in [-0.39, 0.29) is 12.1 Å². The number of nitrogens with one attached hydrogen (secondary N) is 2. The normalized spacial score (nSPS) is 25.0. The van der Waals surface area contributed by atoms with Crippen molar-refractivity contribution >= 4 is 5.96 Å². The van der Waals surface area contributed by atoms with E-state index in [2.05, 4.69) is 15.7 Å². The maximum absolute atomic E-state index is 5.46. The number of hydrogen-bond donors (Lipinski definition) is 3. The van der Waals surface area contributed by atoms with E-state index in [1.165, 1.54) is 0 Å². The van der Waals surface area contributed by atoms with E-state index in [0.29, 0.717) is 12.5 Å². The molecular weight excluding hydrogens is 220 g/mol. The van der Waals surface area contributed by atoms with Gasteiger partial charge in [-0.05, 0) is 26.7 Å². The van der Waals surface area contributed by atoms with Crippen molar-refractivity contribution in [3.8, 4) is 0 Å².